The molecule has 0 spiro atoms. The predicted molar refractivity (Wildman–Crippen MR) is 89.8 cm³/mol. The Bertz CT molecular complexity index is 607. The van der Waals surface area contributed by atoms with E-state index in [0.717, 1.165) is 17.8 Å². The van der Waals surface area contributed by atoms with Crippen LogP contribution in [0, 0.1) is 3.57 Å². The Kier molecular flexibility index (Phi) is 5.75. The van der Waals surface area contributed by atoms with Gasteiger partial charge in [0.2, 0.25) is 11.8 Å². The fourth-order valence-corrected chi connectivity index (χ4v) is 2.64. The van der Waals surface area contributed by atoms with Crippen molar-refractivity contribution >= 4 is 22.6 Å². The number of nitrogens with zero attached hydrogens (tertiary/aromatic N) is 2. The summed E-state index contributed by atoms with van der Waals surface area (Å²) in [5, 5.41) is 3.43. The van der Waals surface area contributed by atoms with Gasteiger partial charge in [-0.3, -0.25) is 0 Å². The molecule has 0 amide bonds. The molecule has 1 N–H and O–H groups in total. The summed E-state index contributed by atoms with van der Waals surface area (Å²) in [5.74, 6) is 0.910. The molecule has 1 aromatic carbocycles. The second-order valence-corrected chi connectivity index (χ2v) is 5.60. The molecule has 6 heteroatoms. The quantitative estimate of drug-likeness (QED) is 0.758. The van der Waals surface area contributed by atoms with Crippen LogP contribution in [0.1, 0.15) is 24.2 Å². The molecule has 5 nitrogen and oxygen atoms in total. The number of hydrogen-bond donors (Lipinski definition) is 1. The van der Waals surface area contributed by atoms with E-state index in [1.807, 2.05) is 6.07 Å². The Balaban J connectivity index is 2.47. The molecule has 2 rings (SSSR count). The van der Waals surface area contributed by atoms with Gasteiger partial charge < -0.3 is 14.8 Å². The highest BCUT2D eigenvalue weighted by molar-refractivity contribution is 14.1. The first-order valence-electron chi connectivity index (χ1n) is 6.63. The van der Waals surface area contributed by atoms with Crippen molar-refractivity contribution in [1.82, 2.24) is 15.3 Å². The maximum Gasteiger partial charge on any atom is 0.240 e. The van der Waals surface area contributed by atoms with Crippen LogP contribution < -0.4 is 14.8 Å². The van der Waals surface area contributed by atoms with E-state index in [0.29, 0.717) is 11.8 Å². The van der Waals surface area contributed by atoms with Crippen LogP contribution >= 0.6 is 22.6 Å². The number of nitrogens with one attached hydrogen (secondary N) is 1. The molecule has 0 aliphatic carbocycles. The van der Waals surface area contributed by atoms with Crippen molar-refractivity contribution in [2.24, 2.45) is 0 Å². The average molecular weight is 399 g/mol. The van der Waals surface area contributed by atoms with Crippen LogP contribution in [0.2, 0.25) is 0 Å². The molecule has 112 valence electrons. The van der Waals surface area contributed by atoms with Crippen molar-refractivity contribution in [2.45, 2.75) is 13.0 Å². The van der Waals surface area contributed by atoms with Crippen molar-refractivity contribution in [3.63, 3.8) is 0 Å². The molecule has 0 aliphatic heterocycles. The lowest BCUT2D eigenvalue weighted by molar-refractivity contribution is 0.352. The molecule has 0 aliphatic rings. The maximum absolute atomic E-state index is 5.37. The van der Waals surface area contributed by atoms with E-state index in [1.165, 1.54) is 3.57 Å². The number of rotatable bonds is 6. The molecular formula is C15H18IN3O2. The summed E-state index contributed by atoms with van der Waals surface area (Å²) < 4.78 is 11.6. The van der Waals surface area contributed by atoms with E-state index >= 15 is 0 Å². The van der Waals surface area contributed by atoms with E-state index in [9.17, 15) is 0 Å². The highest BCUT2D eigenvalue weighted by Gasteiger charge is 2.21. The molecule has 0 bridgehead atoms. The minimum Gasteiger partial charge on any atom is -0.480 e. The first-order valence-corrected chi connectivity index (χ1v) is 7.71. The number of ether oxygens (including phenoxy) is 2. The molecule has 1 unspecified atom stereocenters. The van der Waals surface area contributed by atoms with Crippen molar-refractivity contribution in [1.29, 1.82) is 0 Å². The number of halogens is 1. The minimum atomic E-state index is -0.0712. The van der Waals surface area contributed by atoms with Crippen molar-refractivity contribution in [3.05, 3.63) is 45.3 Å². The Hall–Kier alpha value is -1.41. The molecule has 0 saturated carbocycles. The smallest absolute Gasteiger partial charge is 0.240 e. The lowest BCUT2D eigenvalue weighted by Crippen LogP contribution is -2.24. The second kappa shape index (κ2) is 7.56. The topological polar surface area (TPSA) is 56.3 Å². The van der Waals surface area contributed by atoms with Gasteiger partial charge in [0.25, 0.3) is 0 Å². The minimum absolute atomic E-state index is 0.0712. The third-order valence-corrected chi connectivity index (χ3v) is 3.68. The van der Waals surface area contributed by atoms with Crippen LogP contribution in [-0.4, -0.2) is 30.7 Å². The molecule has 1 heterocycles. The third-order valence-electron chi connectivity index (χ3n) is 3.01. The van der Waals surface area contributed by atoms with Gasteiger partial charge >= 0.3 is 0 Å². The largest absolute Gasteiger partial charge is 0.480 e. The first kappa shape index (κ1) is 16.0. The summed E-state index contributed by atoms with van der Waals surface area (Å²) >= 11 is 2.30. The normalized spacial score (nSPS) is 12.0. The fourth-order valence-electron chi connectivity index (χ4n) is 2.08. The number of methoxy groups -OCH3 is 2. The van der Waals surface area contributed by atoms with Crippen LogP contribution in [0.15, 0.2) is 30.5 Å². The van der Waals surface area contributed by atoms with Crippen LogP contribution in [0.25, 0.3) is 0 Å². The van der Waals surface area contributed by atoms with Crippen molar-refractivity contribution in [3.8, 4) is 11.8 Å². The summed E-state index contributed by atoms with van der Waals surface area (Å²) in [6, 6.07) is 8.22. The lowest BCUT2D eigenvalue weighted by Gasteiger charge is -2.20. The van der Waals surface area contributed by atoms with Crippen molar-refractivity contribution in [2.75, 3.05) is 20.8 Å². The van der Waals surface area contributed by atoms with Gasteiger partial charge in [-0.2, -0.15) is 4.98 Å². The van der Waals surface area contributed by atoms with E-state index < -0.39 is 0 Å². The maximum atomic E-state index is 5.37. The summed E-state index contributed by atoms with van der Waals surface area (Å²) in [6.07, 6.45) is 1.61. The van der Waals surface area contributed by atoms with Crippen LogP contribution in [0.4, 0.5) is 0 Å². The van der Waals surface area contributed by atoms with E-state index in [1.54, 1.807) is 20.4 Å². The lowest BCUT2D eigenvalue weighted by atomic mass is 10.0. The zero-order valence-electron chi connectivity index (χ0n) is 12.3. The standard InChI is InChI=1S/C15H18IN3O2/c1-4-17-13(10-6-5-7-11(16)8-10)14-15(21-3)19-12(20-2)9-18-14/h5-9,13,17H,4H2,1-3H3. The number of aromatic nitrogens is 2. The zero-order valence-corrected chi connectivity index (χ0v) is 14.4. The molecular weight excluding hydrogens is 381 g/mol. The van der Waals surface area contributed by atoms with E-state index in [2.05, 4.69) is 63.0 Å². The van der Waals surface area contributed by atoms with Gasteiger partial charge in [0, 0.05) is 3.57 Å². The Morgan fingerprint density at radius 1 is 1.29 bits per heavy atom. The predicted octanol–water partition coefficient (Wildman–Crippen LogP) is 2.80. The SMILES string of the molecule is CCNC(c1cccc(I)c1)c1ncc(OC)nc1OC. The van der Waals surface area contributed by atoms with Gasteiger partial charge in [0.05, 0.1) is 26.5 Å². The summed E-state index contributed by atoms with van der Waals surface area (Å²) in [7, 11) is 3.15. The Morgan fingerprint density at radius 2 is 2.10 bits per heavy atom. The van der Waals surface area contributed by atoms with Crippen molar-refractivity contribution < 1.29 is 9.47 Å². The van der Waals surface area contributed by atoms with Gasteiger partial charge in [-0.15, -0.1) is 0 Å². The molecule has 2 aromatic rings. The molecule has 1 atom stereocenters. The molecule has 21 heavy (non-hydrogen) atoms. The highest BCUT2D eigenvalue weighted by atomic mass is 127. The molecule has 1 aromatic heterocycles. The second-order valence-electron chi connectivity index (χ2n) is 4.35. The molecule has 0 saturated heterocycles. The van der Waals surface area contributed by atoms with Gasteiger partial charge in [0.15, 0.2) is 0 Å². The summed E-state index contributed by atoms with van der Waals surface area (Å²) in [4.78, 5) is 8.78. The van der Waals surface area contributed by atoms with Crippen LogP contribution in [-0.2, 0) is 0 Å². The van der Waals surface area contributed by atoms with Gasteiger partial charge in [-0.05, 0) is 46.8 Å². The van der Waals surface area contributed by atoms with Gasteiger partial charge in [-0.25, -0.2) is 4.98 Å². The zero-order chi connectivity index (χ0) is 15.2. The van der Waals surface area contributed by atoms with Crippen LogP contribution in [0.3, 0.4) is 0 Å². The Labute approximate surface area is 138 Å². The van der Waals surface area contributed by atoms with Gasteiger partial charge in [-0.1, -0.05) is 19.1 Å². The monoisotopic (exact) mass is 399 g/mol. The number of hydrogen-bond acceptors (Lipinski definition) is 5. The average Bonchev–Trinajstić information content (AvgIpc) is 2.52. The van der Waals surface area contributed by atoms with Crippen LogP contribution in [0.5, 0.6) is 11.8 Å². The summed E-state index contributed by atoms with van der Waals surface area (Å²) in [5.41, 5.74) is 1.88. The van der Waals surface area contributed by atoms with E-state index in [-0.39, 0.29) is 6.04 Å². The number of benzene rings is 1. The fraction of sp³-hybridized carbons (Fsp3) is 0.333. The highest BCUT2D eigenvalue weighted by Crippen LogP contribution is 2.28. The molecule has 0 radical (unpaired) electrons. The van der Waals surface area contributed by atoms with Gasteiger partial charge in [0.1, 0.15) is 5.69 Å². The molecule has 0 fully saturated rings. The Morgan fingerprint density at radius 3 is 2.71 bits per heavy atom. The first-order chi connectivity index (χ1) is 10.2. The van der Waals surface area contributed by atoms with E-state index in [4.69, 9.17) is 9.47 Å². The third kappa shape index (κ3) is 3.82. The summed E-state index contributed by atoms with van der Waals surface area (Å²) in [6.45, 7) is 2.87.